The summed E-state index contributed by atoms with van der Waals surface area (Å²) in [7, 11) is 1.65. The van der Waals surface area contributed by atoms with E-state index in [1.54, 1.807) is 13.1 Å². The summed E-state index contributed by atoms with van der Waals surface area (Å²) in [4.78, 5) is 29.4. The molecular weight excluding hydrogens is 410 g/mol. The van der Waals surface area contributed by atoms with Gasteiger partial charge in [0.25, 0.3) is 5.91 Å². The molecular formula is C17H17BrClN3O3. The molecule has 2 aromatic rings. The monoisotopic (exact) mass is 425 g/mol. The molecule has 0 aliphatic heterocycles. The van der Waals surface area contributed by atoms with Crippen LogP contribution in [0.3, 0.4) is 0 Å². The number of hydrogen-bond acceptors (Lipinski definition) is 4. The van der Waals surface area contributed by atoms with Crippen LogP contribution in [0.15, 0.2) is 47.1 Å². The van der Waals surface area contributed by atoms with Crippen LogP contribution >= 0.6 is 27.5 Å². The van der Waals surface area contributed by atoms with E-state index in [1.807, 2.05) is 24.3 Å². The highest BCUT2D eigenvalue weighted by Gasteiger charge is 2.12. The first-order valence-electron chi connectivity index (χ1n) is 7.48. The molecule has 0 saturated carbocycles. The molecule has 1 N–H and O–H groups in total. The van der Waals surface area contributed by atoms with E-state index in [4.69, 9.17) is 16.3 Å². The van der Waals surface area contributed by atoms with E-state index in [0.717, 1.165) is 10.2 Å². The second-order valence-corrected chi connectivity index (χ2v) is 6.51. The topological polar surface area (TPSA) is 71.5 Å². The lowest BCUT2D eigenvalue weighted by molar-refractivity contribution is -0.129. The first kappa shape index (κ1) is 19.2. The van der Waals surface area contributed by atoms with Gasteiger partial charge in [-0.05, 0) is 36.4 Å². The van der Waals surface area contributed by atoms with Gasteiger partial charge in [0.05, 0.1) is 13.1 Å². The molecule has 2 amide bonds. The molecule has 0 fully saturated rings. The SMILES string of the molecule is CN(CCOc1ccc(Br)cc1)C(=O)CNC(=O)c1cc(Cl)ccn1. The number of rotatable bonds is 7. The Bertz CT molecular complexity index is 740. The maximum absolute atomic E-state index is 12.0. The van der Waals surface area contributed by atoms with Gasteiger partial charge >= 0.3 is 0 Å². The molecule has 0 saturated heterocycles. The second-order valence-electron chi connectivity index (χ2n) is 5.16. The van der Waals surface area contributed by atoms with Crippen molar-refractivity contribution >= 4 is 39.3 Å². The van der Waals surface area contributed by atoms with Crippen molar-refractivity contribution in [2.75, 3.05) is 26.7 Å². The van der Waals surface area contributed by atoms with Gasteiger partial charge in [-0.25, -0.2) is 0 Å². The maximum Gasteiger partial charge on any atom is 0.270 e. The Balaban J connectivity index is 1.72. The van der Waals surface area contributed by atoms with Crippen molar-refractivity contribution < 1.29 is 14.3 Å². The Morgan fingerprint density at radius 2 is 2.00 bits per heavy atom. The van der Waals surface area contributed by atoms with Gasteiger partial charge in [0.2, 0.25) is 5.91 Å². The lowest BCUT2D eigenvalue weighted by Crippen LogP contribution is -2.39. The van der Waals surface area contributed by atoms with Crippen molar-refractivity contribution in [3.8, 4) is 5.75 Å². The van der Waals surface area contributed by atoms with Gasteiger partial charge < -0.3 is 15.0 Å². The van der Waals surface area contributed by atoms with E-state index in [1.165, 1.54) is 17.2 Å². The zero-order valence-corrected chi connectivity index (χ0v) is 15.9. The van der Waals surface area contributed by atoms with Gasteiger partial charge in [0.1, 0.15) is 18.1 Å². The number of carbonyl (C=O) groups is 2. The molecule has 0 bridgehead atoms. The predicted octanol–water partition coefficient (Wildman–Crippen LogP) is 2.76. The van der Waals surface area contributed by atoms with Crippen molar-refractivity contribution in [3.63, 3.8) is 0 Å². The third-order valence-electron chi connectivity index (χ3n) is 3.29. The van der Waals surface area contributed by atoms with Crippen LogP contribution in [-0.4, -0.2) is 48.4 Å². The van der Waals surface area contributed by atoms with Gasteiger partial charge in [0.15, 0.2) is 0 Å². The summed E-state index contributed by atoms with van der Waals surface area (Å²) in [6.07, 6.45) is 1.44. The van der Waals surface area contributed by atoms with E-state index >= 15 is 0 Å². The van der Waals surface area contributed by atoms with Gasteiger partial charge in [0, 0.05) is 22.7 Å². The molecule has 2 rings (SSSR count). The van der Waals surface area contributed by atoms with Crippen molar-refractivity contribution in [2.24, 2.45) is 0 Å². The Hall–Kier alpha value is -2.12. The van der Waals surface area contributed by atoms with Gasteiger partial charge in [-0.3, -0.25) is 14.6 Å². The molecule has 1 aromatic heterocycles. The number of aromatic nitrogens is 1. The molecule has 6 nitrogen and oxygen atoms in total. The summed E-state index contributed by atoms with van der Waals surface area (Å²) in [6, 6.07) is 10.4. The smallest absolute Gasteiger partial charge is 0.270 e. The van der Waals surface area contributed by atoms with Crippen LogP contribution in [0, 0.1) is 0 Å². The number of amides is 2. The average molecular weight is 427 g/mol. The third kappa shape index (κ3) is 6.36. The number of likely N-dealkylation sites (N-methyl/N-ethyl adjacent to an activating group) is 1. The highest BCUT2D eigenvalue weighted by atomic mass is 79.9. The van der Waals surface area contributed by atoms with Crippen molar-refractivity contribution in [1.29, 1.82) is 0 Å². The van der Waals surface area contributed by atoms with E-state index < -0.39 is 5.91 Å². The highest BCUT2D eigenvalue weighted by molar-refractivity contribution is 9.10. The number of ether oxygens (including phenoxy) is 1. The molecule has 1 aromatic carbocycles. The minimum atomic E-state index is -0.449. The molecule has 25 heavy (non-hydrogen) atoms. The number of benzene rings is 1. The summed E-state index contributed by atoms with van der Waals surface area (Å²) in [6.45, 7) is 0.635. The lowest BCUT2D eigenvalue weighted by Gasteiger charge is -2.17. The largest absolute Gasteiger partial charge is 0.492 e. The number of hydrogen-bond donors (Lipinski definition) is 1. The standard InChI is InChI=1S/C17H17BrClN3O3/c1-22(8-9-25-14-4-2-12(18)3-5-14)16(23)11-21-17(24)15-10-13(19)6-7-20-15/h2-7,10H,8-9,11H2,1H3,(H,21,24). The Kier molecular flexibility index (Phi) is 7.21. The number of carbonyl (C=O) groups excluding carboxylic acids is 2. The Labute approximate surface area is 159 Å². The van der Waals surface area contributed by atoms with Crippen molar-refractivity contribution in [1.82, 2.24) is 15.2 Å². The van der Waals surface area contributed by atoms with E-state index in [-0.39, 0.29) is 18.1 Å². The average Bonchev–Trinajstić information content (AvgIpc) is 2.61. The Morgan fingerprint density at radius 1 is 1.28 bits per heavy atom. The molecule has 8 heteroatoms. The highest BCUT2D eigenvalue weighted by Crippen LogP contribution is 2.15. The first-order valence-corrected chi connectivity index (χ1v) is 8.65. The summed E-state index contributed by atoms with van der Waals surface area (Å²) >= 11 is 9.16. The number of nitrogens with zero attached hydrogens (tertiary/aromatic N) is 2. The van der Waals surface area contributed by atoms with Crippen LogP contribution in [0.5, 0.6) is 5.75 Å². The fourth-order valence-corrected chi connectivity index (χ4v) is 2.29. The molecule has 0 unspecified atom stereocenters. The zero-order valence-electron chi connectivity index (χ0n) is 13.5. The summed E-state index contributed by atoms with van der Waals surface area (Å²) in [5, 5.41) is 2.93. The zero-order chi connectivity index (χ0) is 18.2. The fraction of sp³-hybridized carbons (Fsp3) is 0.235. The van der Waals surface area contributed by atoms with Gasteiger partial charge in [-0.15, -0.1) is 0 Å². The minimum Gasteiger partial charge on any atom is -0.492 e. The molecule has 0 aliphatic rings. The normalized spacial score (nSPS) is 10.2. The quantitative estimate of drug-likeness (QED) is 0.739. The molecule has 0 aliphatic carbocycles. The van der Waals surface area contributed by atoms with Crippen LogP contribution in [0.1, 0.15) is 10.5 Å². The maximum atomic E-state index is 12.0. The van der Waals surface area contributed by atoms with E-state index in [9.17, 15) is 9.59 Å². The fourth-order valence-electron chi connectivity index (χ4n) is 1.87. The summed E-state index contributed by atoms with van der Waals surface area (Å²) < 4.78 is 6.53. The molecule has 132 valence electrons. The minimum absolute atomic E-state index is 0.123. The summed E-state index contributed by atoms with van der Waals surface area (Å²) in [5.41, 5.74) is 0.168. The van der Waals surface area contributed by atoms with Crippen LogP contribution in [0.2, 0.25) is 5.02 Å². The van der Waals surface area contributed by atoms with Crippen molar-refractivity contribution in [2.45, 2.75) is 0 Å². The van der Waals surface area contributed by atoms with E-state index in [2.05, 4.69) is 26.2 Å². The van der Waals surface area contributed by atoms with E-state index in [0.29, 0.717) is 18.2 Å². The van der Waals surface area contributed by atoms with Crippen LogP contribution in [0.25, 0.3) is 0 Å². The number of pyridine rings is 1. The number of nitrogens with one attached hydrogen (secondary N) is 1. The first-order chi connectivity index (χ1) is 12.0. The summed E-state index contributed by atoms with van der Waals surface area (Å²) in [5.74, 6) is 0.0505. The molecule has 0 spiro atoms. The predicted molar refractivity (Wildman–Crippen MR) is 98.9 cm³/mol. The van der Waals surface area contributed by atoms with Crippen LogP contribution in [-0.2, 0) is 4.79 Å². The van der Waals surface area contributed by atoms with Crippen LogP contribution < -0.4 is 10.1 Å². The Morgan fingerprint density at radius 3 is 2.68 bits per heavy atom. The van der Waals surface area contributed by atoms with Gasteiger partial charge in [-0.2, -0.15) is 0 Å². The van der Waals surface area contributed by atoms with Crippen LogP contribution in [0.4, 0.5) is 0 Å². The second kappa shape index (κ2) is 9.39. The molecule has 1 heterocycles. The molecule has 0 radical (unpaired) electrons. The third-order valence-corrected chi connectivity index (χ3v) is 4.05. The van der Waals surface area contributed by atoms with Crippen molar-refractivity contribution in [3.05, 3.63) is 57.8 Å². The van der Waals surface area contributed by atoms with Gasteiger partial charge in [-0.1, -0.05) is 27.5 Å². The lowest BCUT2D eigenvalue weighted by atomic mass is 10.3. The number of halogens is 2. The molecule has 0 atom stereocenters.